The van der Waals surface area contributed by atoms with Crippen LogP contribution in [-0.4, -0.2) is 16.0 Å². The normalized spacial score (nSPS) is 12.0. The van der Waals surface area contributed by atoms with Crippen molar-refractivity contribution in [1.82, 2.24) is 10.3 Å². The molecule has 0 bridgehead atoms. The smallest absolute Gasteiger partial charge is 0.253 e. The molecule has 0 saturated carbocycles. The van der Waals surface area contributed by atoms with Crippen LogP contribution in [-0.2, 0) is 11.3 Å². The molecule has 0 spiro atoms. The zero-order chi connectivity index (χ0) is 16.3. The minimum absolute atomic E-state index is 0.0605. The van der Waals surface area contributed by atoms with E-state index < -0.39 is 12.0 Å². The lowest BCUT2D eigenvalue weighted by molar-refractivity contribution is -0.129. The summed E-state index contributed by atoms with van der Waals surface area (Å²) in [5.41, 5.74) is 2.05. The van der Waals surface area contributed by atoms with Crippen LogP contribution < -0.4 is 10.7 Å². The summed E-state index contributed by atoms with van der Waals surface area (Å²) in [4.78, 5) is 26.8. The number of aliphatic hydroxyl groups excluding tert-OH is 1. The molecule has 3 N–H and O–H groups in total. The third-order valence-corrected chi connectivity index (χ3v) is 3.85. The summed E-state index contributed by atoms with van der Waals surface area (Å²) in [6, 6.07) is 6.61. The Morgan fingerprint density at radius 3 is 2.73 bits per heavy atom. The Kier molecular flexibility index (Phi) is 5.00. The molecule has 2 aromatic rings. The molecule has 1 amide bonds. The van der Waals surface area contributed by atoms with Crippen LogP contribution >= 0.6 is 11.6 Å². The molecule has 116 valence electrons. The zero-order valence-electron chi connectivity index (χ0n) is 12.3. The molecule has 0 unspecified atom stereocenters. The largest absolute Gasteiger partial charge is 0.378 e. The fourth-order valence-electron chi connectivity index (χ4n) is 2.10. The van der Waals surface area contributed by atoms with Gasteiger partial charge in [-0.3, -0.25) is 9.59 Å². The molecule has 5 nitrogen and oxygen atoms in total. The van der Waals surface area contributed by atoms with E-state index in [9.17, 15) is 14.7 Å². The molecule has 0 aliphatic carbocycles. The van der Waals surface area contributed by atoms with Crippen LogP contribution in [0.1, 0.15) is 28.5 Å². The summed E-state index contributed by atoms with van der Waals surface area (Å²) in [5, 5.41) is 13.0. The standard InChI is InChI=1S/C16H17ClN2O3/c1-9-7-18-13(10(2)14(9)20)8-19-16(22)15(21)11-5-3-4-6-12(11)17/h3-7,15,21H,8H2,1-2H3,(H,18,20)(H,19,22)/t15-/m0/s1. The van der Waals surface area contributed by atoms with Gasteiger partial charge in [0.2, 0.25) is 0 Å². The number of hydrogen-bond acceptors (Lipinski definition) is 3. The number of aromatic amines is 1. The zero-order valence-corrected chi connectivity index (χ0v) is 13.1. The molecule has 1 aromatic heterocycles. The number of rotatable bonds is 4. The first-order valence-electron chi connectivity index (χ1n) is 6.79. The Morgan fingerprint density at radius 1 is 1.36 bits per heavy atom. The van der Waals surface area contributed by atoms with Gasteiger partial charge in [0, 0.05) is 33.6 Å². The van der Waals surface area contributed by atoms with Gasteiger partial charge in [-0.1, -0.05) is 29.8 Å². The molecule has 0 aliphatic heterocycles. The number of aryl methyl sites for hydroxylation is 1. The Balaban J connectivity index is 2.09. The van der Waals surface area contributed by atoms with Gasteiger partial charge in [0.05, 0.1) is 6.54 Å². The first-order valence-corrected chi connectivity index (χ1v) is 7.17. The Hall–Kier alpha value is -2.11. The van der Waals surface area contributed by atoms with E-state index in [4.69, 9.17) is 11.6 Å². The predicted molar refractivity (Wildman–Crippen MR) is 84.8 cm³/mol. The summed E-state index contributed by atoms with van der Waals surface area (Å²) < 4.78 is 0. The van der Waals surface area contributed by atoms with Crippen LogP contribution in [0.5, 0.6) is 0 Å². The number of aromatic nitrogens is 1. The summed E-state index contributed by atoms with van der Waals surface area (Å²) in [7, 11) is 0. The van der Waals surface area contributed by atoms with Gasteiger partial charge < -0.3 is 15.4 Å². The number of carbonyl (C=O) groups excluding carboxylic acids is 1. The molecule has 1 atom stereocenters. The second-order valence-electron chi connectivity index (χ2n) is 5.05. The van der Waals surface area contributed by atoms with E-state index in [-0.39, 0.29) is 12.0 Å². The first kappa shape index (κ1) is 16.3. The minimum Gasteiger partial charge on any atom is -0.378 e. The van der Waals surface area contributed by atoms with Crippen molar-refractivity contribution in [2.24, 2.45) is 0 Å². The van der Waals surface area contributed by atoms with Crippen LogP contribution in [0.25, 0.3) is 0 Å². The van der Waals surface area contributed by atoms with Crippen LogP contribution in [0.2, 0.25) is 5.02 Å². The highest BCUT2D eigenvalue weighted by atomic mass is 35.5. The number of nitrogens with one attached hydrogen (secondary N) is 2. The van der Waals surface area contributed by atoms with Gasteiger partial charge in [-0.15, -0.1) is 0 Å². The maximum atomic E-state index is 12.0. The van der Waals surface area contributed by atoms with E-state index in [0.29, 0.717) is 27.4 Å². The SMILES string of the molecule is Cc1c[nH]c(CNC(=O)[C@@H](O)c2ccccc2Cl)c(C)c1=O. The van der Waals surface area contributed by atoms with E-state index in [0.717, 1.165) is 0 Å². The quantitative estimate of drug-likeness (QED) is 0.805. The van der Waals surface area contributed by atoms with Gasteiger partial charge >= 0.3 is 0 Å². The second kappa shape index (κ2) is 6.77. The van der Waals surface area contributed by atoms with E-state index in [1.54, 1.807) is 44.3 Å². The van der Waals surface area contributed by atoms with Crippen LogP contribution in [0.3, 0.4) is 0 Å². The lowest BCUT2D eigenvalue weighted by Gasteiger charge is -2.14. The number of pyridine rings is 1. The maximum Gasteiger partial charge on any atom is 0.253 e. The highest BCUT2D eigenvalue weighted by Crippen LogP contribution is 2.22. The number of H-pyrrole nitrogens is 1. The van der Waals surface area contributed by atoms with Crippen LogP contribution in [0, 0.1) is 13.8 Å². The van der Waals surface area contributed by atoms with Crippen LogP contribution in [0.4, 0.5) is 0 Å². The van der Waals surface area contributed by atoms with Gasteiger partial charge in [0.15, 0.2) is 11.5 Å². The van der Waals surface area contributed by atoms with Gasteiger partial charge in [-0.25, -0.2) is 0 Å². The minimum atomic E-state index is -1.36. The van der Waals surface area contributed by atoms with Crippen molar-refractivity contribution in [2.75, 3.05) is 0 Å². The van der Waals surface area contributed by atoms with E-state index >= 15 is 0 Å². The number of halogens is 1. The topological polar surface area (TPSA) is 82.2 Å². The Morgan fingerprint density at radius 2 is 2.05 bits per heavy atom. The van der Waals surface area contributed by atoms with Gasteiger partial charge in [-0.05, 0) is 19.9 Å². The van der Waals surface area contributed by atoms with Crippen molar-refractivity contribution in [1.29, 1.82) is 0 Å². The first-order chi connectivity index (χ1) is 10.4. The van der Waals surface area contributed by atoms with Crippen molar-refractivity contribution in [2.45, 2.75) is 26.5 Å². The molecule has 0 aliphatic rings. The fourth-order valence-corrected chi connectivity index (χ4v) is 2.33. The number of hydrogen-bond donors (Lipinski definition) is 3. The summed E-state index contributed by atoms with van der Waals surface area (Å²) >= 11 is 5.96. The number of carbonyl (C=O) groups is 1. The number of aliphatic hydroxyl groups is 1. The third kappa shape index (κ3) is 3.37. The van der Waals surface area contributed by atoms with E-state index in [2.05, 4.69) is 10.3 Å². The van der Waals surface area contributed by atoms with Crippen molar-refractivity contribution in [3.05, 3.63) is 68.1 Å². The maximum absolute atomic E-state index is 12.0. The Bertz CT molecular complexity index is 755. The van der Waals surface area contributed by atoms with E-state index in [1.165, 1.54) is 0 Å². The molecule has 22 heavy (non-hydrogen) atoms. The second-order valence-corrected chi connectivity index (χ2v) is 5.45. The fraction of sp³-hybridized carbons (Fsp3) is 0.250. The molecule has 2 rings (SSSR count). The van der Waals surface area contributed by atoms with Crippen molar-refractivity contribution >= 4 is 17.5 Å². The molecule has 1 aromatic carbocycles. The average molecular weight is 321 g/mol. The summed E-state index contributed by atoms with van der Waals surface area (Å²) in [6.07, 6.45) is 0.243. The van der Waals surface area contributed by atoms with Gasteiger partial charge in [0.25, 0.3) is 5.91 Å². The molecular formula is C16H17ClN2O3. The average Bonchev–Trinajstić information content (AvgIpc) is 2.51. The summed E-state index contributed by atoms with van der Waals surface area (Å²) in [5.74, 6) is -0.575. The lowest BCUT2D eigenvalue weighted by Crippen LogP contribution is -2.30. The third-order valence-electron chi connectivity index (χ3n) is 3.50. The molecule has 1 heterocycles. The molecular weight excluding hydrogens is 304 g/mol. The van der Waals surface area contributed by atoms with Gasteiger partial charge in [0.1, 0.15) is 0 Å². The van der Waals surface area contributed by atoms with E-state index in [1.807, 2.05) is 0 Å². The van der Waals surface area contributed by atoms with Crippen molar-refractivity contribution < 1.29 is 9.90 Å². The predicted octanol–water partition coefficient (Wildman–Crippen LogP) is 1.99. The molecule has 6 heteroatoms. The van der Waals surface area contributed by atoms with Crippen molar-refractivity contribution in [3.63, 3.8) is 0 Å². The van der Waals surface area contributed by atoms with Crippen LogP contribution in [0.15, 0.2) is 35.3 Å². The molecule has 0 fully saturated rings. The number of amides is 1. The van der Waals surface area contributed by atoms with Crippen molar-refractivity contribution in [3.8, 4) is 0 Å². The Labute approximate surface area is 133 Å². The number of benzene rings is 1. The lowest BCUT2D eigenvalue weighted by atomic mass is 10.1. The molecule has 0 radical (unpaired) electrons. The van der Waals surface area contributed by atoms with Gasteiger partial charge in [-0.2, -0.15) is 0 Å². The highest BCUT2D eigenvalue weighted by molar-refractivity contribution is 6.31. The summed E-state index contributed by atoms with van der Waals surface area (Å²) in [6.45, 7) is 3.54. The highest BCUT2D eigenvalue weighted by Gasteiger charge is 2.19. The molecule has 0 saturated heterocycles. The monoisotopic (exact) mass is 320 g/mol.